The zero-order chi connectivity index (χ0) is 19.8. The second kappa shape index (κ2) is 6.86. The Morgan fingerprint density at radius 2 is 2.00 bits per heavy atom. The lowest BCUT2D eigenvalue weighted by atomic mass is 10.2. The Labute approximate surface area is 153 Å². The number of pyridine rings is 1. The van der Waals surface area contributed by atoms with Gasteiger partial charge >= 0.3 is 6.18 Å². The van der Waals surface area contributed by atoms with E-state index in [1.807, 2.05) is 0 Å². The highest BCUT2D eigenvalue weighted by Gasteiger charge is 2.40. The van der Waals surface area contributed by atoms with Crippen LogP contribution in [0.2, 0.25) is 0 Å². The van der Waals surface area contributed by atoms with Crippen LogP contribution in [0.3, 0.4) is 0 Å². The molecule has 3 rings (SSSR count). The molecule has 0 bridgehead atoms. The second-order valence-electron chi connectivity index (χ2n) is 5.87. The molecule has 1 amide bonds. The summed E-state index contributed by atoms with van der Waals surface area (Å²) in [7, 11) is 1.34. The molecule has 0 spiro atoms. The second-order valence-corrected chi connectivity index (χ2v) is 5.87. The Bertz CT molecular complexity index is 961. The minimum Gasteiger partial charge on any atom is -0.305 e. The number of halogens is 3. The van der Waals surface area contributed by atoms with Gasteiger partial charge in [-0.3, -0.25) is 14.5 Å². The summed E-state index contributed by atoms with van der Waals surface area (Å²) >= 11 is 0. The third kappa shape index (κ3) is 3.55. The van der Waals surface area contributed by atoms with Crippen molar-refractivity contribution in [3.05, 3.63) is 53.9 Å². The van der Waals surface area contributed by atoms with E-state index < -0.39 is 23.3 Å². The highest BCUT2D eigenvalue weighted by Crippen LogP contribution is 2.32. The first kappa shape index (κ1) is 18.6. The van der Waals surface area contributed by atoms with Gasteiger partial charge in [0.1, 0.15) is 0 Å². The molecule has 0 aliphatic heterocycles. The maximum atomic E-state index is 13.2. The van der Waals surface area contributed by atoms with Crippen molar-refractivity contribution in [2.45, 2.75) is 20.0 Å². The number of rotatable bonds is 4. The molecule has 0 saturated heterocycles. The fraction of sp³-hybridized carbons (Fsp3) is 0.294. The fourth-order valence-electron chi connectivity index (χ4n) is 2.76. The first-order valence-corrected chi connectivity index (χ1v) is 8.11. The van der Waals surface area contributed by atoms with Crippen molar-refractivity contribution in [1.82, 2.24) is 24.5 Å². The summed E-state index contributed by atoms with van der Waals surface area (Å²) in [6.07, 6.45) is 1.16. The molecule has 3 aromatic heterocycles. The van der Waals surface area contributed by atoms with Crippen molar-refractivity contribution >= 4 is 11.6 Å². The summed E-state index contributed by atoms with van der Waals surface area (Å²) in [5.74, 6) is -0.785. The van der Waals surface area contributed by atoms with Gasteiger partial charge in [0.05, 0.1) is 35.0 Å². The van der Waals surface area contributed by atoms with Gasteiger partial charge in [-0.25, -0.2) is 4.68 Å². The molecule has 142 valence electrons. The van der Waals surface area contributed by atoms with Crippen molar-refractivity contribution < 1.29 is 18.0 Å². The summed E-state index contributed by atoms with van der Waals surface area (Å²) in [6, 6.07) is 3.52. The number of nitrogens with zero attached hydrogens (tertiary/aromatic N) is 6. The molecule has 3 aromatic rings. The van der Waals surface area contributed by atoms with Crippen molar-refractivity contribution in [2.24, 2.45) is 7.05 Å². The van der Waals surface area contributed by atoms with E-state index in [1.54, 1.807) is 44.6 Å². The third-order valence-electron chi connectivity index (χ3n) is 3.96. The molecule has 0 saturated carbocycles. The molecule has 0 aliphatic carbocycles. The van der Waals surface area contributed by atoms with E-state index in [9.17, 15) is 18.0 Å². The monoisotopic (exact) mass is 378 g/mol. The van der Waals surface area contributed by atoms with Crippen LogP contribution >= 0.6 is 0 Å². The normalized spacial score (nSPS) is 11.6. The minimum atomic E-state index is -4.72. The topological polar surface area (TPSA) is 68.8 Å². The molecule has 0 unspecified atom stereocenters. The summed E-state index contributed by atoms with van der Waals surface area (Å²) in [5.41, 5.74) is -0.103. The highest BCUT2D eigenvalue weighted by molar-refractivity contribution is 6.07. The summed E-state index contributed by atoms with van der Waals surface area (Å²) < 4.78 is 42.2. The Morgan fingerprint density at radius 1 is 1.26 bits per heavy atom. The quantitative estimate of drug-likeness (QED) is 0.700. The number of hydrogen-bond donors (Lipinski definition) is 0. The Balaban J connectivity index is 2.02. The van der Waals surface area contributed by atoms with E-state index in [4.69, 9.17) is 0 Å². The predicted molar refractivity (Wildman–Crippen MR) is 91.7 cm³/mol. The van der Waals surface area contributed by atoms with E-state index in [0.29, 0.717) is 17.1 Å². The maximum Gasteiger partial charge on any atom is 0.435 e. The van der Waals surface area contributed by atoms with Crippen LogP contribution in [0.15, 0.2) is 36.9 Å². The van der Waals surface area contributed by atoms with Crippen molar-refractivity contribution in [3.63, 3.8) is 0 Å². The van der Waals surface area contributed by atoms with Crippen LogP contribution in [0.25, 0.3) is 5.69 Å². The van der Waals surface area contributed by atoms with Gasteiger partial charge < -0.3 is 4.90 Å². The van der Waals surface area contributed by atoms with Gasteiger partial charge in [0.25, 0.3) is 5.91 Å². The van der Waals surface area contributed by atoms with Gasteiger partial charge in [0.2, 0.25) is 0 Å². The maximum absolute atomic E-state index is 13.2. The van der Waals surface area contributed by atoms with Crippen molar-refractivity contribution in [3.8, 4) is 5.69 Å². The molecule has 0 N–H and O–H groups in total. The lowest BCUT2D eigenvalue weighted by Gasteiger charge is -2.20. The summed E-state index contributed by atoms with van der Waals surface area (Å²) in [5, 5.41) is 7.75. The molecule has 7 nitrogen and oxygen atoms in total. The minimum absolute atomic E-state index is 0.171. The zero-order valence-corrected chi connectivity index (χ0v) is 14.9. The van der Waals surface area contributed by atoms with Crippen LogP contribution in [0.5, 0.6) is 0 Å². The largest absolute Gasteiger partial charge is 0.435 e. The van der Waals surface area contributed by atoms with Crippen molar-refractivity contribution in [2.75, 3.05) is 11.4 Å². The lowest BCUT2D eigenvalue weighted by Crippen LogP contribution is -2.32. The van der Waals surface area contributed by atoms with Gasteiger partial charge in [-0.15, -0.1) is 0 Å². The van der Waals surface area contributed by atoms with Gasteiger partial charge in [-0.2, -0.15) is 23.4 Å². The van der Waals surface area contributed by atoms with Crippen LogP contribution in [0.4, 0.5) is 18.9 Å². The van der Waals surface area contributed by atoms with Crippen LogP contribution in [0, 0.1) is 6.92 Å². The van der Waals surface area contributed by atoms with Gasteiger partial charge in [0, 0.05) is 26.0 Å². The number of carbonyl (C=O) groups is 1. The number of anilines is 1. The number of alkyl halides is 3. The third-order valence-corrected chi connectivity index (χ3v) is 3.96. The first-order chi connectivity index (χ1) is 12.7. The van der Waals surface area contributed by atoms with E-state index in [1.165, 1.54) is 16.6 Å². The molecule has 0 radical (unpaired) electrons. The molecule has 27 heavy (non-hydrogen) atoms. The van der Waals surface area contributed by atoms with Crippen LogP contribution in [0.1, 0.15) is 28.7 Å². The standard InChI is InChI=1S/C17H17F3N6O/c1-4-25(16(27)13-9-24(3)23-15(13)17(18,19)20)14-10-26(22-11(14)2)12-6-5-7-21-8-12/h5-10H,4H2,1-3H3. The SMILES string of the molecule is CCN(C(=O)c1cn(C)nc1C(F)(F)F)c1cn(-c2cccnc2)nc1C. The molecule has 0 atom stereocenters. The van der Waals surface area contributed by atoms with E-state index in [0.717, 1.165) is 10.9 Å². The van der Waals surface area contributed by atoms with Gasteiger partial charge in [-0.1, -0.05) is 0 Å². The lowest BCUT2D eigenvalue weighted by molar-refractivity contribution is -0.141. The van der Waals surface area contributed by atoms with E-state index >= 15 is 0 Å². The molecule has 0 fully saturated rings. The van der Waals surface area contributed by atoms with Gasteiger partial charge in [-0.05, 0) is 26.0 Å². The number of carbonyl (C=O) groups excluding carboxylic acids is 1. The smallest absolute Gasteiger partial charge is 0.305 e. The van der Waals surface area contributed by atoms with Gasteiger partial charge in [0.15, 0.2) is 5.69 Å². The average molecular weight is 378 g/mol. The molecular weight excluding hydrogens is 361 g/mol. The molecule has 0 aliphatic rings. The number of amides is 1. The first-order valence-electron chi connectivity index (χ1n) is 8.11. The number of hydrogen-bond acceptors (Lipinski definition) is 4. The van der Waals surface area contributed by atoms with Crippen LogP contribution in [-0.4, -0.2) is 37.0 Å². The number of aromatic nitrogens is 5. The summed E-state index contributed by atoms with van der Waals surface area (Å²) in [4.78, 5) is 18.1. The highest BCUT2D eigenvalue weighted by atomic mass is 19.4. The average Bonchev–Trinajstić information content (AvgIpc) is 3.20. The van der Waals surface area contributed by atoms with Crippen LogP contribution in [-0.2, 0) is 13.2 Å². The summed E-state index contributed by atoms with van der Waals surface area (Å²) in [6.45, 7) is 3.54. The Morgan fingerprint density at radius 3 is 2.59 bits per heavy atom. The van der Waals surface area contributed by atoms with E-state index in [2.05, 4.69) is 15.2 Å². The Hall–Kier alpha value is -3.17. The zero-order valence-electron chi connectivity index (χ0n) is 14.9. The van der Waals surface area contributed by atoms with E-state index in [-0.39, 0.29) is 6.54 Å². The van der Waals surface area contributed by atoms with Crippen molar-refractivity contribution in [1.29, 1.82) is 0 Å². The fourth-order valence-corrected chi connectivity index (χ4v) is 2.76. The number of aryl methyl sites for hydroxylation is 2. The molecule has 3 heterocycles. The molecule has 10 heteroatoms. The predicted octanol–water partition coefficient (Wildman–Crippen LogP) is 2.99. The van der Waals surface area contributed by atoms with Crippen LogP contribution < -0.4 is 4.90 Å². The Kier molecular flexibility index (Phi) is 4.73. The molecular formula is C17H17F3N6O. The molecule has 0 aromatic carbocycles.